The number of ether oxygens (including phenoxy) is 2. The number of hydrogen-bond acceptors (Lipinski definition) is 3. The molecule has 0 spiro atoms. The van der Waals surface area contributed by atoms with Gasteiger partial charge in [0.25, 0.3) is 0 Å². The van der Waals surface area contributed by atoms with E-state index >= 15 is 0 Å². The molecule has 1 aliphatic carbocycles. The Labute approximate surface area is 115 Å². The van der Waals surface area contributed by atoms with Crippen LogP contribution in [0.15, 0.2) is 18.2 Å². The normalized spacial score (nSPS) is 18.6. The maximum atomic E-state index is 9.12. The van der Waals surface area contributed by atoms with E-state index in [0.717, 1.165) is 18.6 Å². The third-order valence-electron chi connectivity index (χ3n) is 3.89. The molecule has 0 N–H and O–H groups in total. The minimum Gasteiger partial charge on any atom is -0.497 e. The second-order valence-corrected chi connectivity index (χ2v) is 5.96. The predicted octanol–water partition coefficient (Wildman–Crippen LogP) is 3.91. The average Bonchev–Trinajstić information content (AvgIpc) is 2.41. The summed E-state index contributed by atoms with van der Waals surface area (Å²) in [6.07, 6.45) is 4.66. The Morgan fingerprint density at radius 1 is 1.26 bits per heavy atom. The summed E-state index contributed by atoms with van der Waals surface area (Å²) < 4.78 is 11.2. The van der Waals surface area contributed by atoms with E-state index in [1.807, 2.05) is 0 Å². The first-order valence-electron chi connectivity index (χ1n) is 6.79. The van der Waals surface area contributed by atoms with Gasteiger partial charge in [-0.25, -0.2) is 0 Å². The first-order chi connectivity index (χ1) is 9.04. The van der Waals surface area contributed by atoms with Gasteiger partial charge in [0.1, 0.15) is 17.6 Å². The summed E-state index contributed by atoms with van der Waals surface area (Å²) in [5.74, 6) is 1.37. The van der Waals surface area contributed by atoms with Crippen LogP contribution in [0, 0.1) is 16.7 Å². The summed E-state index contributed by atoms with van der Waals surface area (Å²) in [4.78, 5) is 0. The van der Waals surface area contributed by atoms with E-state index in [9.17, 15) is 0 Å². The van der Waals surface area contributed by atoms with Crippen LogP contribution in [0.2, 0.25) is 0 Å². The molecule has 1 aromatic rings. The summed E-state index contributed by atoms with van der Waals surface area (Å²) in [5.41, 5.74) is 0.998. The van der Waals surface area contributed by atoms with Crippen molar-refractivity contribution in [3.05, 3.63) is 23.8 Å². The van der Waals surface area contributed by atoms with Crippen LogP contribution in [0.1, 0.15) is 45.1 Å². The standard InChI is InChI=1S/C16H21NO2/c1-16(2)8-6-13(7-9-16)19-15-10-14(18-3)5-4-12(15)11-17/h4-5,10,13H,6-9H2,1-3H3. The average molecular weight is 259 g/mol. The van der Waals surface area contributed by atoms with E-state index in [4.69, 9.17) is 14.7 Å². The molecule has 0 radical (unpaired) electrons. The van der Waals surface area contributed by atoms with Gasteiger partial charge in [-0.3, -0.25) is 0 Å². The van der Waals surface area contributed by atoms with Crippen LogP contribution < -0.4 is 9.47 Å². The Balaban J connectivity index is 2.09. The van der Waals surface area contributed by atoms with Crippen molar-refractivity contribution >= 4 is 0 Å². The van der Waals surface area contributed by atoms with Gasteiger partial charge in [-0.15, -0.1) is 0 Å². The second kappa shape index (κ2) is 5.52. The lowest BCUT2D eigenvalue weighted by Crippen LogP contribution is -2.28. The number of nitrogens with zero attached hydrogens (tertiary/aromatic N) is 1. The third kappa shape index (κ3) is 3.41. The molecule has 0 amide bonds. The highest BCUT2D eigenvalue weighted by Gasteiger charge is 2.28. The van der Waals surface area contributed by atoms with Crippen molar-refractivity contribution in [1.29, 1.82) is 5.26 Å². The van der Waals surface area contributed by atoms with Crippen molar-refractivity contribution in [2.75, 3.05) is 7.11 Å². The maximum Gasteiger partial charge on any atom is 0.141 e. The molecule has 0 bridgehead atoms. The van der Waals surface area contributed by atoms with Gasteiger partial charge < -0.3 is 9.47 Å². The lowest BCUT2D eigenvalue weighted by molar-refractivity contribution is 0.0983. The lowest BCUT2D eigenvalue weighted by Gasteiger charge is -2.34. The summed E-state index contributed by atoms with van der Waals surface area (Å²) in [6.45, 7) is 4.60. The molecule has 1 aromatic carbocycles. The molecular formula is C16H21NO2. The number of rotatable bonds is 3. The number of nitriles is 1. The van der Waals surface area contributed by atoms with Crippen molar-refractivity contribution in [2.45, 2.75) is 45.6 Å². The zero-order valence-corrected chi connectivity index (χ0v) is 11.9. The molecule has 102 valence electrons. The smallest absolute Gasteiger partial charge is 0.141 e. The van der Waals surface area contributed by atoms with Gasteiger partial charge in [-0.2, -0.15) is 5.26 Å². The Morgan fingerprint density at radius 2 is 1.95 bits per heavy atom. The van der Waals surface area contributed by atoms with Crippen molar-refractivity contribution < 1.29 is 9.47 Å². The van der Waals surface area contributed by atoms with E-state index in [2.05, 4.69) is 19.9 Å². The quantitative estimate of drug-likeness (QED) is 0.826. The Hall–Kier alpha value is -1.69. The van der Waals surface area contributed by atoms with Gasteiger partial charge in [0.2, 0.25) is 0 Å². The molecule has 0 atom stereocenters. The molecule has 2 rings (SSSR count). The molecule has 0 unspecified atom stereocenters. The van der Waals surface area contributed by atoms with Crippen molar-refractivity contribution in [3.8, 4) is 17.6 Å². The third-order valence-corrected chi connectivity index (χ3v) is 3.89. The number of hydrogen-bond donors (Lipinski definition) is 0. The maximum absolute atomic E-state index is 9.12. The molecular weight excluding hydrogens is 238 g/mol. The highest BCUT2D eigenvalue weighted by molar-refractivity contribution is 5.47. The van der Waals surface area contributed by atoms with Gasteiger partial charge in [0.15, 0.2) is 0 Å². The molecule has 0 aliphatic heterocycles. The SMILES string of the molecule is COc1ccc(C#N)c(OC2CCC(C)(C)CC2)c1. The van der Waals surface area contributed by atoms with Crippen LogP contribution in [0.5, 0.6) is 11.5 Å². The number of benzene rings is 1. The second-order valence-electron chi connectivity index (χ2n) is 5.96. The highest BCUT2D eigenvalue weighted by atomic mass is 16.5. The minimum atomic E-state index is 0.215. The van der Waals surface area contributed by atoms with Crippen LogP contribution in [0.4, 0.5) is 0 Å². The Morgan fingerprint density at radius 3 is 2.53 bits per heavy atom. The molecule has 0 aromatic heterocycles. The zero-order chi connectivity index (χ0) is 13.9. The first-order valence-corrected chi connectivity index (χ1v) is 6.79. The molecule has 3 heteroatoms. The van der Waals surface area contributed by atoms with Crippen LogP contribution >= 0.6 is 0 Å². The molecule has 3 nitrogen and oxygen atoms in total. The minimum absolute atomic E-state index is 0.215. The summed E-state index contributed by atoms with van der Waals surface area (Å²) in [6, 6.07) is 7.51. The molecule has 0 saturated heterocycles. The zero-order valence-electron chi connectivity index (χ0n) is 11.9. The fourth-order valence-corrected chi connectivity index (χ4v) is 2.49. The van der Waals surface area contributed by atoms with Crippen LogP contribution in [-0.4, -0.2) is 13.2 Å². The van der Waals surface area contributed by atoms with E-state index in [1.165, 1.54) is 12.8 Å². The van der Waals surface area contributed by atoms with Crippen LogP contribution in [-0.2, 0) is 0 Å². The summed E-state index contributed by atoms with van der Waals surface area (Å²) >= 11 is 0. The molecule has 1 saturated carbocycles. The van der Waals surface area contributed by atoms with Crippen molar-refractivity contribution in [2.24, 2.45) is 5.41 Å². The van der Waals surface area contributed by atoms with Crippen molar-refractivity contribution in [1.82, 2.24) is 0 Å². The summed E-state index contributed by atoms with van der Waals surface area (Å²) in [7, 11) is 1.62. The van der Waals surface area contributed by atoms with Gasteiger partial charge >= 0.3 is 0 Å². The molecule has 1 aliphatic rings. The predicted molar refractivity (Wildman–Crippen MR) is 74.4 cm³/mol. The van der Waals surface area contributed by atoms with Gasteiger partial charge in [0, 0.05) is 6.07 Å². The number of methoxy groups -OCH3 is 1. The highest BCUT2D eigenvalue weighted by Crippen LogP contribution is 2.37. The largest absolute Gasteiger partial charge is 0.497 e. The molecule has 1 fully saturated rings. The molecule has 19 heavy (non-hydrogen) atoms. The van der Waals surface area contributed by atoms with E-state index in [-0.39, 0.29) is 6.10 Å². The van der Waals surface area contributed by atoms with E-state index in [0.29, 0.717) is 16.7 Å². The summed E-state index contributed by atoms with van der Waals surface area (Å²) in [5, 5.41) is 9.12. The fourth-order valence-electron chi connectivity index (χ4n) is 2.49. The topological polar surface area (TPSA) is 42.2 Å². The van der Waals surface area contributed by atoms with Crippen LogP contribution in [0.3, 0.4) is 0 Å². The Kier molecular flexibility index (Phi) is 3.99. The van der Waals surface area contributed by atoms with Gasteiger partial charge in [-0.05, 0) is 43.2 Å². The van der Waals surface area contributed by atoms with Gasteiger partial charge in [0.05, 0.1) is 18.8 Å². The van der Waals surface area contributed by atoms with E-state index < -0.39 is 0 Å². The van der Waals surface area contributed by atoms with E-state index in [1.54, 1.807) is 25.3 Å². The fraction of sp³-hybridized carbons (Fsp3) is 0.562. The van der Waals surface area contributed by atoms with Gasteiger partial charge in [-0.1, -0.05) is 13.8 Å². The lowest BCUT2D eigenvalue weighted by atomic mass is 9.76. The van der Waals surface area contributed by atoms with Crippen LogP contribution in [0.25, 0.3) is 0 Å². The monoisotopic (exact) mass is 259 g/mol. The van der Waals surface area contributed by atoms with Crippen molar-refractivity contribution in [3.63, 3.8) is 0 Å². The first kappa shape index (κ1) is 13.7. The molecule has 0 heterocycles. The Bertz CT molecular complexity index is 478.